The van der Waals surface area contributed by atoms with E-state index in [1.54, 1.807) is 16.2 Å². The molecule has 6 heteroatoms. The van der Waals surface area contributed by atoms with E-state index in [-0.39, 0.29) is 12.0 Å². The summed E-state index contributed by atoms with van der Waals surface area (Å²) in [6, 6.07) is 2.06. The molecule has 1 amide bonds. The Hall–Kier alpha value is -0.950. The summed E-state index contributed by atoms with van der Waals surface area (Å²) in [5.74, 6) is 0.171. The minimum atomic E-state index is -0.282. The van der Waals surface area contributed by atoms with E-state index < -0.39 is 0 Å². The van der Waals surface area contributed by atoms with Crippen LogP contribution in [0.4, 0.5) is 0 Å². The van der Waals surface area contributed by atoms with Gasteiger partial charge in [0.2, 0.25) is 5.91 Å². The topological polar surface area (TPSA) is 47.0 Å². The molecule has 0 aliphatic carbocycles. The van der Waals surface area contributed by atoms with Crippen molar-refractivity contribution in [3.05, 3.63) is 22.4 Å². The fourth-order valence-electron chi connectivity index (χ4n) is 2.56. The third-order valence-electron chi connectivity index (χ3n) is 3.77. The van der Waals surface area contributed by atoms with Crippen molar-refractivity contribution in [2.24, 2.45) is 0 Å². The summed E-state index contributed by atoms with van der Waals surface area (Å²) in [6.07, 6.45) is -0.282. The Morgan fingerprint density at radius 3 is 2.62 bits per heavy atom. The molecule has 0 spiro atoms. The molecule has 0 saturated carbocycles. The van der Waals surface area contributed by atoms with Gasteiger partial charge in [0.05, 0.1) is 12.6 Å². The molecule has 0 bridgehead atoms. The van der Waals surface area contributed by atoms with E-state index in [1.807, 2.05) is 19.4 Å². The Balaban J connectivity index is 1.71. The van der Waals surface area contributed by atoms with Gasteiger partial charge in [-0.15, -0.1) is 0 Å². The summed E-state index contributed by atoms with van der Waals surface area (Å²) in [5.41, 5.74) is 1.19. The SMILES string of the molecule is C[C@@H](O)CN1CCN(CC(=O)N(C)Cc2ccsc2)CC1. The normalized spacial score (nSPS) is 18.6. The number of aliphatic hydroxyl groups is 1. The van der Waals surface area contributed by atoms with Crippen molar-refractivity contribution >= 4 is 17.2 Å². The van der Waals surface area contributed by atoms with Gasteiger partial charge in [0.25, 0.3) is 0 Å². The fraction of sp³-hybridized carbons (Fsp3) is 0.667. The van der Waals surface area contributed by atoms with Crippen molar-refractivity contribution in [2.45, 2.75) is 19.6 Å². The lowest BCUT2D eigenvalue weighted by molar-refractivity contribution is -0.132. The molecule has 1 saturated heterocycles. The summed E-state index contributed by atoms with van der Waals surface area (Å²) in [7, 11) is 1.86. The van der Waals surface area contributed by atoms with Crippen LogP contribution in [0.15, 0.2) is 16.8 Å². The first kappa shape index (κ1) is 16.4. The van der Waals surface area contributed by atoms with Crippen molar-refractivity contribution in [1.82, 2.24) is 14.7 Å². The highest BCUT2D eigenvalue weighted by Crippen LogP contribution is 2.09. The molecule has 1 aromatic rings. The first-order valence-electron chi connectivity index (χ1n) is 7.42. The monoisotopic (exact) mass is 311 g/mol. The van der Waals surface area contributed by atoms with Crippen LogP contribution in [-0.2, 0) is 11.3 Å². The number of amides is 1. The van der Waals surface area contributed by atoms with Crippen LogP contribution < -0.4 is 0 Å². The second-order valence-corrected chi connectivity index (χ2v) is 6.59. The van der Waals surface area contributed by atoms with Gasteiger partial charge >= 0.3 is 0 Å². The van der Waals surface area contributed by atoms with Crippen LogP contribution >= 0.6 is 11.3 Å². The van der Waals surface area contributed by atoms with Crippen LogP contribution in [0.3, 0.4) is 0 Å². The van der Waals surface area contributed by atoms with Gasteiger partial charge in [-0.1, -0.05) is 0 Å². The smallest absolute Gasteiger partial charge is 0.236 e. The molecule has 0 radical (unpaired) electrons. The van der Waals surface area contributed by atoms with Gasteiger partial charge in [-0.2, -0.15) is 11.3 Å². The number of carbonyl (C=O) groups is 1. The maximum absolute atomic E-state index is 12.2. The van der Waals surface area contributed by atoms with Gasteiger partial charge in [-0.3, -0.25) is 14.6 Å². The van der Waals surface area contributed by atoms with Crippen LogP contribution in [0, 0.1) is 0 Å². The lowest BCUT2D eigenvalue weighted by Crippen LogP contribution is -2.50. The summed E-state index contributed by atoms with van der Waals surface area (Å²) < 4.78 is 0. The number of β-amino-alcohol motifs (C(OH)–C–C–N with tert-alkyl or cyclic N) is 1. The predicted molar refractivity (Wildman–Crippen MR) is 85.4 cm³/mol. The van der Waals surface area contributed by atoms with E-state index in [0.717, 1.165) is 32.7 Å². The van der Waals surface area contributed by atoms with E-state index in [0.29, 0.717) is 13.1 Å². The highest BCUT2D eigenvalue weighted by Gasteiger charge is 2.21. The average molecular weight is 311 g/mol. The molecule has 1 N–H and O–H groups in total. The number of aliphatic hydroxyl groups excluding tert-OH is 1. The second-order valence-electron chi connectivity index (χ2n) is 5.81. The molecule has 2 rings (SSSR count). The number of hydrogen-bond acceptors (Lipinski definition) is 5. The van der Waals surface area contributed by atoms with Crippen molar-refractivity contribution in [3.8, 4) is 0 Å². The molecule has 5 nitrogen and oxygen atoms in total. The minimum Gasteiger partial charge on any atom is -0.392 e. The Bertz CT molecular complexity index is 428. The molecule has 0 aromatic carbocycles. The van der Waals surface area contributed by atoms with Crippen LogP contribution in [0.5, 0.6) is 0 Å². The van der Waals surface area contributed by atoms with Crippen molar-refractivity contribution < 1.29 is 9.90 Å². The summed E-state index contributed by atoms with van der Waals surface area (Å²) in [6.45, 7) is 7.34. The largest absolute Gasteiger partial charge is 0.392 e. The zero-order valence-electron chi connectivity index (χ0n) is 12.9. The molecule has 1 atom stereocenters. The molecule has 1 fully saturated rings. The maximum Gasteiger partial charge on any atom is 0.236 e. The van der Waals surface area contributed by atoms with Gasteiger partial charge in [-0.05, 0) is 29.3 Å². The van der Waals surface area contributed by atoms with Gasteiger partial charge in [0.1, 0.15) is 0 Å². The van der Waals surface area contributed by atoms with Crippen LogP contribution in [-0.4, -0.2) is 78.1 Å². The molecular formula is C15H25N3O2S. The number of rotatable bonds is 6. The highest BCUT2D eigenvalue weighted by molar-refractivity contribution is 7.07. The van der Waals surface area contributed by atoms with E-state index >= 15 is 0 Å². The van der Waals surface area contributed by atoms with Gasteiger partial charge in [-0.25, -0.2) is 0 Å². The standard InChI is InChI=1S/C15H25N3O2S/c1-13(19)9-17-4-6-18(7-5-17)11-15(20)16(2)10-14-3-8-21-12-14/h3,8,12-13,19H,4-7,9-11H2,1-2H3/t13-/m1/s1. The van der Waals surface area contributed by atoms with E-state index in [1.165, 1.54) is 5.56 Å². The minimum absolute atomic E-state index is 0.171. The Labute approximate surface area is 130 Å². The molecule has 1 aliphatic heterocycles. The summed E-state index contributed by atoms with van der Waals surface area (Å²) in [4.78, 5) is 18.5. The van der Waals surface area contributed by atoms with Crippen LogP contribution in [0.25, 0.3) is 0 Å². The summed E-state index contributed by atoms with van der Waals surface area (Å²) >= 11 is 1.66. The van der Waals surface area contributed by atoms with Crippen LogP contribution in [0.1, 0.15) is 12.5 Å². The lowest BCUT2D eigenvalue weighted by atomic mass is 10.2. The number of hydrogen-bond donors (Lipinski definition) is 1. The van der Waals surface area contributed by atoms with Crippen LogP contribution in [0.2, 0.25) is 0 Å². The average Bonchev–Trinajstić information content (AvgIpc) is 2.93. The third-order valence-corrected chi connectivity index (χ3v) is 4.50. The Kier molecular flexibility index (Phi) is 6.17. The van der Waals surface area contributed by atoms with E-state index in [9.17, 15) is 9.90 Å². The zero-order chi connectivity index (χ0) is 15.2. The number of carbonyl (C=O) groups excluding carboxylic acids is 1. The number of thiophene rings is 1. The zero-order valence-corrected chi connectivity index (χ0v) is 13.7. The Morgan fingerprint density at radius 1 is 1.38 bits per heavy atom. The van der Waals surface area contributed by atoms with Gasteiger partial charge < -0.3 is 10.0 Å². The van der Waals surface area contributed by atoms with Gasteiger partial charge in [0, 0.05) is 46.3 Å². The molecule has 21 heavy (non-hydrogen) atoms. The Morgan fingerprint density at radius 2 is 2.05 bits per heavy atom. The first-order chi connectivity index (χ1) is 10.0. The number of piperazine rings is 1. The molecule has 1 aromatic heterocycles. The van der Waals surface area contributed by atoms with Crippen molar-refractivity contribution in [2.75, 3.05) is 46.3 Å². The molecule has 0 unspecified atom stereocenters. The first-order valence-corrected chi connectivity index (χ1v) is 8.36. The fourth-order valence-corrected chi connectivity index (χ4v) is 3.22. The van der Waals surface area contributed by atoms with E-state index in [2.05, 4.69) is 21.2 Å². The molecular weight excluding hydrogens is 286 g/mol. The highest BCUT2D eigenvalue weighted by atomic mass is 32.1. The van der Waals surface area contributed by atoms with Gasteiger partial charge in [0.15, 0.2) is 0 Å². The second kappa shape index (κ2) is 7.89. The molecule has 1 aliphatic rings. The lowest BCUT2D eigenvalue weighted by Gasteiger charge is -2.35. The third kappa shape index (κ3) is 5.39. The van der Waals surface area contributed by atoms with Crippen molar-refractivity contribution in [3.63, 3.8) is 0 Å². The van der Waals surface area contributed by atoms with Crippen molar-refractivity contribution in [1.29, 1.82) is 0 Å². The number of nitrogens with zero attached hydrogens (tertiary/aromatic N) is 3. The summed E-state index contributed by atoms with van der Waals surface area (Å²) in [5, 5.41) is 13.5. The van der Waals surface area contributed by atoms with E-state index in [4.69, 9.17) is 0 Å². The predicted octanol–water partition coefficient (Wildman–Crippen LogP) is 0.705. The quantitative estimate of drug-likeness (QED) is 0.840. The maximum atomic E-state index is 12.2. The molecule has 118 valence electrons. The molecule has 2 heterocycles. The number of likely N-dealkylation sites (N-methyl/N-ethyl adjacent to an activating group) is 1.